The topological polar surface area (TPSA) is 177 Å². The van der Waals surface area contributed by atoms with Gasteiger partial charge in [0.1, 0.15) is 17.3 Å². The highest BCUT2D eigenvalue weighted by Crippen LogP contribution is 2.30. The van der Waals surface area contributed by atoms with Gasteiger partial charge in [-0.2, -0.15) is 8.42 Å². The van der Waals surface area contributed by atoms with Crippen LogP contribution in [0, 0.1) is 0 Å². The fraction of sp³-hybridized carbons (Fsp3) is 0.278. The van der Waals surface area contributed by atoms with Crippen LogP contribution in [0.3, 0.4) is 0 Å². The zero-order valence-corrected chi connectivity index (χ0v) is 17.8. The highest BCUT2D eigenvalue weighted by atomic mass is 32.2. The lowest BCUT2D eigenvalue weighted by Gasteiger charge is -2.15. The number of nitrogens with one attached hydrogen (secondary N) is 3. The van der Waals surface area contributed by atoms with E-state index in [0.717, 1.165) is 11.0 Å². The number of hydrogen-bond acceptors (Lipinski definition) is 7. The van der Waals surface area contributed by atoms with E-state index < -0.39 is 28.3 Å². The molecule has 31 heavy (non-hydrogen) atoms. The number of para-hydroxylation sites is 1. The van der Waals surface area contributed by atoms with Crippen LogP contribution in [0.1, 0.15) is 19.3 Å². The number of aromatic nitrogens is 1. The fourth-order valence-corrected chi connectivity index (χ4v) is 3.98. The largest absolute Gasteiger partial charge is 0.465 e. The van der Waals surface area contributed by atoms with Gasteiger partial charge >= 0.3 is 6.09 Å². The van der Waals surface area contributed by atoms with Crippen molar-refractivity contribution in [3.05, 3.63) is 35.7 Å². The average molecular weight is 468 g/mol. The Bertz CT molecular complexity index is 1140. The van der Waals surface area contributed by atoms with E-state index in [1.54, 1.807) is 5.38 Å². The predicted octanol–water partition coefficient (Wildman–Crippen LogP) is 2.09. The lowest BCUT2D eigenvalue weighted by molar-refractivity contribution is -0.118. The fourth-order valence-electron chi connectivity index (χ4n) is 2.85. The van der Waals surface area contributed by atoms with E-state index in [1.807, 2.05) is 30.3 Å². The molecular weight excluding hydrogens is 446 g/mol. The quantitative estimate of drug-likeness (QED) is 0.283. The third kappa shape index (κ3) is 6.75. The minimum Gasteiger partial charge on any atom is -0.465 e. The van der Waals surface area contributed by atoms with E-state index in [-0.39, 0.29) is 13.0 Å². The highest BCUT2D eigenvalue weighted by molar-refractivity contribution is 7.87. The number of unbranched alkanes of at least 4 members (excludes halogenated alkanes) is 1. The third-order valence-electron chi connectivity index (χ3n) is 4.25. The molecule has 2 aromatic heterocycles. The summed E-state index contributed by atoms with van der Waals surface area (Å²) < 4.78 is 29.6. The number of nitrogens with two attached hydrogens (primary N) is 1. The first-order valence-electron chi connectivity index (χ1n) is 9.23. The minimum atomic E-state index is -3.78. The van der Waals surface area contributed by atoms with Crippen LogP contribution in [0.15, 0.2) is 40.1 Å². The van der Waals surface area contributed by atoms with Gasteiger partial charge in [0, 0.05) is 17.3 Å². The number of carbonyl (C=O) groups excluding carboxylic acids is 1. The number of hydrogen-bond donors (Lipinski definition) is 5. The molecule has 1 unspecified atom stereocenters. The predicted molar refractivity (Wildman–Crippen MR) is 116 cm³/mol. The Balaban J connectivity index is 1.59. The van der Waals surface area contributed by atoms with Gasteiger partial charge in [-0.3, -0.25) is 4.79 Å². The summed E-state index contributed by atoms with van der Waals surface area (Å²) in [5.74, 6) is -0.00664. The Hall–Kier alpha value is -3.00. The summed E-state index contributed by atoms with van der Waals surface area (Å²) in [7, 11) is -3.78. The number of thiazole rings is 1. The number of fused-ring (bicyclic) bond motifs is 1. The molecule has 11 nitrogen and oxygen atoms in total. The van der Waals surface area contributed by atoms with Crippen LogP contribution in [-0.4, -0.2) is 43.1 Å². The van der Waals surface area contributed by atoms with Gasteiger partial charge in [0.2, 0.25) is 5.91 Å². The van der Waals surface area contributed by atoms with E-state index >= 15 is 0 Å². The summed E-state index contributed by atoms with van der Waals surface area (Å²) in [5.41, 5.74) is 1.27. The summed E-state index contributed by atoms with van der Waals surface area (Å²) in [5, 5.41) is 21.6. The second-order valence-corrected chi connectivity index (χ2v) is 8.85. The van der Waals surface area contributed by atoms with E-state index in [9.17, 15) is 18.0 Å². The van der Waals surface area contributed by atoms with E-state index in [0.29, 0.717) is 29.4 Å². The van der Waals surface area contributed by atoms with Gasteiger partial charge in [-0.05, 0) is 31.4 Å². The van der Waals surface area contributed by atoms with Crippen LogP contribution in [-0.2, 0) is 15.0 Å². The molecule has 1 aromatic carbocycles. The lowest BCUT2D eigenvalue weighted by atomic mass is 10.1. The number of carboxylic acid groups (broad SMARTS) is 1. The molecule has 0 aliphatic rings. The second kappa shape index (κ2) is 9.87. The van der Waals surface area contributed by atoms with Crippen molar-refractivity contribution in [3.63, 3.8) is 0 Å². The molecule has 3 aromatic rings. The average Bonchev–Trinajstić information content (AvgIpc) is 3.32. The summed E-state index contributed by atoms with van der Waals surface area (Å²) in [6.45, 7) is 0.0909. The first-order chi connectivity index (χ1) is 14.7. The van der Waals surface area contributed by atoms with Gasteiger partial charge in [-0.25, -0.2) is 19.6 Å². The molecule has 2 heterocycles. The third-order valence-corrected chi connectivity index (χ3v) is 5.61. The minimum absolute atomic E-state index is 0.0909. The molecule has 0 spiro atoms. The zero-order chi connectivity index (χ0) is 22.4. The molecular formula is C18H21N5O6S2. The first-order valence-corrected chi connectivity index (χ1v) is 11.7. The van der Waals surface area contributed by atoms with Crippen molar-refractivity contribution < 1.29 is 27.5 Å². The van der Waals surface area contributed by atoms with Gasteiger partial charge in [0.25, 0.3) is 10.2 Å². The van der Waals surface area contributed by atoms with Gasteiger partial charge < -0.3 is 20.2 Å². The normalized spacial score (nSPS) is 12.5. The number of anilines is 1. The van der Waals surface area contributed by atoms with Gasteiger partial charge in [0.15, 0.2) is 10.9 Å². The summed E-state index contributed by atoms with van der Waals surface area (Å²) in [6.07, 6.45) is -0.394. The van der Waals surface area contributed by atoms with Crippen LogP contribution in [0.4, 0.5) is 9.93 Å². The first kappa shape index (κ1) is 22.7. The Labute approximate surface area is 181 Å². The summed E-state index contributed by atoms with van der Waals surface area (Å²) in [6, 6.07) is 8.34. The van der Waals surface area contributed by atoms with Crippen LogP contribution in [0.2, 0.25) is 0 Å². The van der Waals surface area contributed by atoms with E-state index in [4.69, 9.17) is 14.7 Å². The Morgan fingerprint density at radius 1 is 1.26 bits per heavy atom. The molecule has 0 aliphatic carbocycles. The zero-order valence-electron chi connectivity index (χ0n) is 16.2. The molecule has 3 rings (SSSR count). The standard InChI is InChI=1S/C18H21N5O6S2/c19-31(27,28)20-8-4-3-6-12(22-18(25)26)16(24)23-17-21-13(10-30-17)15-9-11-5-1-2-7-14(11)29-15/h1-2,5,7,9-10,12,20,22H,3-4,6,8H2,(H,25,26)(H2,19,27,28)(H,21,23,24). The molecule has 1 atom stereocenters. The molecule has 0 radical (unpaired) electrons. The molecule has 0 aliphatic heterocycles. The van der Waals surface area contributed by atoms with Gasteiger partial charge in [0.05, 0.1) is 0 Å². The maximum atomic E-state index is 12.5. The van der Waals surface area contributed by atoms with Crippen LogP contribution in [0.5, 0.6) is 0 Å². The lowest BCUT2D eigenvalue weighted by Crippen LogP contribution is -2.43. The summed E-state index contributed by atoms with van der Waals surface area (Å²) in [4.78, 5) is 27.9. The molecule has 0 saturated heterocycles. The number of benzene rings is 1. The van der Waals surface area contributed by atoms with Crippen molar-refractivity contribution in [2.45, 2.75) is 25.3 Å². The smallest absolute Gasteiger partial charge is 0.405 e. The maximum absolute atomic E-state index is 12.5. The Morgan fingerprint density at radius 2 is 2.03 bits per heavy atom. The van der Waals surface area contributed by atoms with Crippen molar-refractivity contribution >= 4 is 49.6 Å². The van der Waals surface area contributed by atoms with Crippen LogP contribution >= 0.6 is 11.3 Å². The second-order valence-electron chi connectivity index (χ2n) is 6.61. The number of nitrogens with zero attached hydrogens (tertiary/aromatic N) is 1. The van der Waals surface area contributed by atoms with Crippen molar-refractivity contribution in [3.8, 4) is 11.5 Å². The molecule has 0 bridgehead atoms. The van der Waals surface area contributed by atoms with Crippen LogP contribution in [0.25, 0.3) is 22.4 Å². The van der Waals surface area contributed by atoms with Crippen molar-refractivity contribution in [1.82, 2.24) is 15.0 Å². The van der Waals surface area contributed by atoms with E-state index in [2.05, 4.69) is 20.3 Å². The Kier molecular flexibility index (Phi) is 7.22. The molecule has 13 heteroatoms. The molecule has 6 N–H and O–H groups in total. The molecule has 0 fully saturated rings. The van der Waals surface area contributed by atoms with Crippen LogP contribution < -0.4 is 20.5 Å². The number of furan rings is 1. The van der Waals surface area contributed by atoms with Crippen molar-refractivity contribution in [2.75, 3.05) is 11.9 Å². The summed E-state index contributed by atoms with van der Waals surface area (Å²) >= 11 is 1.18. The molecule has 2 amide bonds. The van der Waals surface area contributed by atoms with E-state index in [1.165, 1.54) is 11.3 Å². The van der Waals surface area contributed by atoms with Gasteiger partial charge in [-0.1, -0.05) is 18.2 Å². The SMILES string of the molecule is NS(=O)(=O)NCCCCC(NC(=O)O)C(=O)Nc1nc(-c2cc3ccccc3o2)cs1. The number of amides is 2. The molecule has 166 valence electrons. The molecule has 0 saturated carbocycles. The van der Waals surface area contributed by atoms with Crippen molar-refractivity contribution in [1.29, 1.82) is 0 Å². The Morgan fingerprint density at radius 3 is 2.74 bits per heavy atom. The number of carbonyl (C=O) groups is 2. The van der Waals surface area contributed by atoms with Gasteiger partial charge in [-0.15, -0.1) is 11.3 Å². The monoisotopic (exact) mass is 467 g/mol. The van der Waals surface area contributed by atoms with Crippen molar-refractivity contribution in [2.24, 2.45) is 5.14 Å². The highest BCUT2D eigenvalue weighted by Gasteiger charge is 2.22. The maximum Gasteiger partial charge on any atom is 0.405 e. The number of rotatable bonds is 10.